The number of fused-ring (bicyclic) bond motifs is 9. The van der Waals surface area contributed by atoms with Gasteiger partial charge in [-0.15, -0.1) is 0 Å². The Morgan fingerprint density at radius 2 is 1.21 bits per heavy atom. The maximum atomic E-state index is 14.2. The molecule has 0 unspecified atom stereocenters. The molecular formula is C33H16N4O. The molecule has 0 radical (unpaired) electrons. The van der Waals surface area contributed by atoms with Crippen LogP contribution in [0.5, 0.6) is 0 Å². The van der Waals surface area contributed by atoms with E-state index in [1.807, 2.05) is 72.8 Å². The summed E-state index contributed by atoms with van der Waals surface area (Å²) < 4.78 is 4.27. The second kappa shape index (κ2) is 7.20. The molecule has 8 aromatic rings. The third kappa shape index (κ3) is 2.45. The van der Waals surface area contributed by atoms with Crippen molar-refractivity contribution in [2.24, 2.45) is 0 Å². The average molecular weight is 485 g/mol. The Bertz CT molecular complexity index is 2430. The zero-order valence-electron chi connectivity index (χ0n) is 19.9. The molecule has 8 rings (SSSR count). The third-order valence-corrected chi connectivity index (χ3v) is 7.67. The van der Waals surface area contributed by atoms with Crippen LogP contribution >= 0.6 is 0 Å². The van der Waals surface area contributed by atoms with Gasteiger partial charge in [-0.1, -0.05) is 42.5 Å². The summed E-state index contributed by atoms with van der Waals surface area (Å²) in [6, 6.07) is 35.7. The van der Waals surface area contributed by atoms with Crippen LogP contribution in [0.4, 0.5) is 0 Å². The summed E-state index contributed by atoms with van der Waals surface area (Å²) in [7, 11) is 0. The molecule has 0 amide bonds. The first-order valence-corrected chi connectivity index (χ1v) is 12.3. The first kappa shape index (κ1) is 20.5. The zero-order valence-corrected chi connectivity index (χ0v) is 19.9. The van der Waals surface area contributed by atoms with Crippen LogP contribution in [0.3, 0.4) is 0 Å². The van der Waals surface area contributed by atoms with Gasteiger partial charge in [-0.3, -0.25) is 4.79 Å². The van der Waals surface area contributed by atoms with Crippen molar-refractivity contribution < 1.29 is 0 Å². The monoisotopic (exact) mass is 484 g/mol. The number of benzene rings is 5. The van der Waals surface area contributed by atoms with E-state index in [2.05, 4.69) is 39.3 Å². The molecule has 0 aliphatic carbocycles. The minimum atomic E-state index is -0.0218. The van der Waals surface area contributed by atoms with Gasteiger partial charge in [0.15, 0.2) is 5.43 Å². The summed E-state index contributed by atoms with van der Waals surface area (Å²) in [4.78, 5) is 14.2. The number of aromatic nitrogens is 2. The molecular weight excluding hydrogens is 468 g/mol. The summed E-state index contributed by atoms with van der Waals surface area (Å²) in [5, 5.41) is 24.4. The predicted molar refractivity (Wildman–Crippen MR) is 151 cm³/mol. The number of nitriles is 2. The molecule has 174 valence electrons. The van der Waals surface area contributed by atoms with Crippen molar-refractivity contribution in [2.75, 3.05) is 0 Å². The van der Waals surface area contributed by atoms with Crippen LogP contribution in [0.1, 0.15) is 11.1 Å². The number of hydrogen-bond donors (Lipinski definition) is 0. The van der Waals surface area contributed by atoms with Gasteiger partial charge < -0.3 is 8.97 Å². The van der Waals surface area contributed by atoms with Crippen molar-refractivity contribution in [1.29, 1.82) is 10.5 Å². The second-order valence-electron chi connectivity index (χ2n) is 9.58. The Labute approximate surface area is 215 Å². The van der Waals surface area contributed by atoms with Crippen molar-refractivity contribution in [3.8, 4) is 17.8 Å². The number of para-hydroxylation sites is 2. The topological polar surface area (TPSA) is 74.0 Å². The van der Waals surface area contributed by atoms with Crippen LogP contribution in [0.25, 0.3) is 65.6 Å². The molecule has 0 fully saturated rings. The van der Waals surface area contributed by atoms with E-state index in [4.69, 9.17) is 0 Å². The predicted octanol–water partition coefficient (Wildman–Crippen LogP) is 7.04. The van der Waals surface area contributed by atoms with E-state index >= 15 is 0 Å². The van der Waals surface area contributed by atoms with Gasteiger partial charge in [-0.2, -0.15) is 10.5 Å². The molecule has 0 bridgehead atoms. The molecule has 5 heteroatoms. The van der Waals surface area contributed by atoms with Crippen molar-refractivity contribution in [2.45, 2.75) is 0 Å². The van der Waals surface area contributed by atoms with E-state index in [1.165, 1.54) is 0 Å². The van der Waals surface area contributed by atoms with Gasteiger partial charge in [0.2, 0.25) is 0 Å². The Morgan fingerprint density at radius 1 is 0.553 bits per heavy atom. The zero-order chi connectivity index (χ0) is 25.5. The van der Waals surface area contributed by atoms with Crippen LogP contribution in [-0.4, -0.2) is 8.97 Å². The van der Waals surface area contributed by atoms with E-state index in [0.717, 1.165) is 54.8 Å². The van der Waals surface area contributed by atoms with Crippen LogP contribution in [-0.2, 0) is 0 Å². The number of hydrogen-bond acceptors (Lipinski definition) is 3. The fourth-order valence-electron chi connectivity index (χ4n) is 6.13. The third-order valence-electron chi connectivity index (χ3n) is 7.67. The molecule has 0 spiro atoms. The Hall–Kier alpha value is -5.65. The number of rotatable bonds is 1. The summed E-state index contributed by atoms with van der Waals surface area (Å²) in [6.07, 6.45) is 0. The molecule has 0 atom stereocenters. The molecule has 5 aromatic carbocycles. The van der Waals surface area contributed by atoms with Gasteiger partial charge >= 0.3 is 0 Å². The first-order valence-electron chi connectivity index (χ1n) is 12.3. The second-order valence-corrected chi connectivity index (χ2v) is 9.58. The molecule has 3 heterocycles. The van der Waals surface area contributed by atoms with E-state index in [0.29, 0.717) is 21.9 Å². The summed E-state index contributed by atoms with van der Waals surface area (Å²) >= 11 is 0. The highest BCUT2D eigenvalue weighted by Gasteiger charge is 2.24. The molecule has 0 aliphatic rings. The molecule has 0 N–H and O–H groups in total. The van der Waals surface area contributed by atoms with E-state index < -0.39 is 0 Å². The molecule has 0 saturated heterocycles. The van der Waals surface area contributed by atoms with E-state index in [9.17, 15) is 15.3 Å². The van der Waals surface area contributed by atoms with E-state index in [-0.39, 0.29) is 5.43 Å². The van der Waals surface area contributed by atoms with Gasteiger partial charge in [0, 0.05) is 32.6 Å². The molecule has 0 aliphatic heterocycles. The number of nitrogens with zero attached hydrogens (tertiary/aromatic N) is 4. The largest absolute Gasteiger partial charge is 0.309 e. The van der Waals surface area contributed by atoms with Gasteiger partial charge in [-0.25, -0.2) is 0 Å². The summed E-state index contributed by atoms with van der Waals surface area (Å²) in [5.74, 6) is 0. The Morgan fingerprint density at radius 3 is 1.95 bits per heavy atom. The van der Waals surface area contributed by atoms with Crippen LogP contribution < -0.4 is 5.43 Å². The Kier molecular flexibility index (Phi) is 3.89. The van der Waals surface area contributed by atoms with Gasteiger partial charge in [0.05, 0.1) is 56.2 Å². The molecule has 0 saturated carbocycles. The van der Waals surface area contributed by atoms with Gasteiger partial charge in [-0.05, 0) is 54.6 Å². The smallest absolute Gasteiger partial charge is 0.197 e. The highest BCUT2D eigenvalue weighted by Crippen LogP contribution is 2.43. The SMILES string of the molecule is N#Cc1ccc2c3cc4c(c(=O)c5ccccc5n4-c4ccccc4)c4c5ccc(C#N)cc5n(c2c1)c34. The maximum Gasteiger partial charge on any atom is 0.197 e. The molecule has 3 aromatic heterocycles. The van der Waals surface area contributed by atoms with Crippen molar-refractivity contribution in [3.05, 3.63) is 118 Å². The fourth-order valence-corrected chi connectivity index (χ4v) is 6.13. The van der Waals surface area contributed by atoms with Crippen LogP contribution in [0.2, 0.25) is 0 Å². The standard InChI is InChI=1S/C33H16N4O/c34-17-19-10-12-22-25-16-29-31(30-23-13-11-20(18-35)15-28(23)37(32(25)30)27(22)14-19)33(38)24-8-4-5-9-26(24)36(29)21-6-2-1-3-7-21/h1-16H. The Balaban J connectivity index is 1.76. The van der Waals surface area contributed by atoms with Gasteiger partial charge in [0.1, 0.15) is 0 Å². The van der Waals surface area contributed by atoms with Crippen LogP contribution in [0.15, 0.2) is 102 Å². The van der Waals surface area contributed by atoms with Crippen LogP contribution in [0, 0.1) is 22.7 Å². The summed E-state index contributed by atoms with van der Waals surface area (Å²) in [6.45, 7) is 0. The normalized spacial score (nSPS) is 11.7. The highest BCUT2D eigenvalue weighted by molar-refractivity contribution is 6.31. The lowest BCUT2D eigenvalue weighted by Crippen LogP contribution is -2.10. The fraction of sp³-hybridized carbons (Fsp3) is 0. The van der Waals surface area contributed by atoms with Crippen molar-refractivity contribution in [1.82, 2.24) is 8.97 Å². The average Bonchev–Trinajstić information content (AvgIpc) is 3.48. The lowest BCUT2D eigenvalue weighted by molar-refractivity contribution is 1.16. The lowest BCUT2D eigenvalue weighted by atomic mass is 9.99. The quantitative estimate of drug-likeness (QED) is 0.235. The van der Waals surface area contributed by atoms with Crippen molar-refractivity contribution in [3.63, 3.8) is 0 Å². The van der Waals surface area contributed by atoms with Gasteiger partial charge in [0.25, 0.3) is 0 Å². The molecule has 5 nitrogen and oxygen atoms in total. The number of pyridine rings is 1. The van der Waals surface area contributed by atoms with Crippen molar-refractivity contribution >= 4 is 59.9 Å². The van der Waals surface area contributed by atoms with E-state index in [1.54, 1.807) is 6.07 Å². The molecule has 38 heavy (non-hydrogen) atoms. The first-order chi connectivity index (χ1) is 18.7. The summed E-state index contributed by atoms with van der Waals surface area (Å²) in [5.41, 5.74) is 6.37. The minimum Gasteiger partial charge on any atom is -0.309 e. The maximum absolute atomic E-state index is 14.2. The lowest BCUT2D eigenvalue weighted by Gasteiger charge is -2.16. The highest BCUT2D eigenvalue weighted by atomic mass is 16.1. The minimum absolute atomic E-state index is 0.0218.